The fourth-order valence-corrected chi connectivity index (χ4v) is 1.78. The standard InChI is InChI=1S/C12H18N4O4/c1-15(6-3-7-20-2)10-5-4-9(12(13)14-17)8-11(10)16(18)19/h4-5,8,17H,3,6-7H2,1-2H3,(H2,13,14). The molecule has 110 valence electrons. The van der Waals surface area contributed by atoms with E-state index in [9.17, 15) is 10.1 Å². The fraction of sp³-hybridized carbons (Fsp3) is 0.417. The minimum Gasteiger partial charge on any atom is -0.409 e. The maximum absolute atomic E-state index is 11.1. The van der Waals surface area contributed by atoms with Gasteiger partial charge in [-0.2, -0.15) is 0 Å². The Labute approximate surface area is 116 Å². The molecule has 20 heavy (non-hydrogen) atoms. The van der Waals surface area contributed by atoms with Gasteiger partial charge < -0.3 is 20.6 Å². The molecule has 0 aromatic heterocycles. The van der Waals surface area contributed by atoms with Gasteiger partial charge in [0.25, 0.3) is 5.69 Å². The molecule has 0 amide bonds. The summed E-state index contributed by atoms with van der Waals surface area (Å²) < 4.78 is 4.95. The van der Waals surface area contributed by atoms with E-state index in [0.717, 1.165) is 6.42 Å². The Hall–Kier alpha value is -2.35. The molecule has 1 aromatic rings. The van der Waals surface area contributed by atoms with Gasteiger partial charge in [-0.3, -0.25) is 10.1 Å². The molecule has 0 atom stereocenters. The lowest BCUT2D eigenvalue weighted by Gasteiger charge is -2.19. The van der Waals surface area contributed by atoms with E-state index in [2.05, 4.69) is 5.16 Å². The number of nitrogens with two attached hydrogens (primary N) is 1. The Bertz CT molecular complexity index is 504. The third-order valence-corrected chi connectivity index (χ3v) is 2.83. The van der Waals surface area contributed by atoms with Crippen molar-refractivity contribution in [2.24, 2.45) is 10.9 Å². The van der Waals surface area contributed by atoms with E-state index in [1.165, 1.54) is 6.07 Å². The van der Waals surface area contributed by atoms with E-state index in [1.807, 2.05) is 0 Å². The lowest BCUT2D eigenvalue weighted by Crippen LogP contribution is -2.21. The third kappa shape index (κ3) is 3.82. The molecule has 0 bridgehead atoms. The number of anilines is 1. The molecular formula is C12H18N4O4. The highest BCUT2D eigenvalue weighted by molar-refractivity contribution is 5.98. The molecule has 8 nitrogen and oxygen atoms in total. The van der Waals surface area contributed by atoms with Crippen LogP contribution in [-0.2, 0) is 4.74 Å². The highest BCUT2D eigenvalue weighted by Crippen LogP contribution is 2.28. The van der Waals surface area contributed by atoms with Crippen molar-refractivity contribution in [3.63, 3.8) is 0 Å². The van der Waals surface area contributed by atoms with Crippen LogP contribution in [0.15, 0.2) is 23.4 Å². The smallest absolute Gasteiger partial charge is 0.293 e. The maximum atomic E-state index is 11.1. The number of nitro groups is 1. The summed E-state index contributed by atoms with van der Waals surface area (Å²) in [4.78, 5) is 12.4. The van der Waals surface area contributed by atoms with E-state index in [0.29, 0.717) is 24.4 Å². The first kappa shape index (κ1) is 15.7. The van der Waals surface area contributed by atoms with Crippen LogP contribution in [0.4, 0.5) is 11.4 Å². The molecule has 0 heterocycles. The molecule has 0 aliphatic rings. The van der Waals surface area contributed by atoms with Gasteiger partial charge in [0.1, 0.15) is 5.69 Å². The van der Waals surface area contributed by atoms with Gasteiger partial charge in [0.05, 0.1) is 4.92 Å². The summed E-state index contributed by atoms with van der Waals surface area (Å²) in [6.45, 7) is 1.21. The van der Waals surface area contributed by atoms with E-state index >= 15 is 0 Å². The number of oxime groups is 1. The van der Waals surface area contributed by atoms with Crippen LogP contribution in [0.3, 0.4) is 0 Å². The van der Waals surface area contributed by atoms with E-state index in [1.54, 1.807) is 31.2 Å². The average molecular weight is 282 g/mol. The molecule has 8 heteroatoms. The van der Waals surface area contributed by atoms with Crippen molar-refractivity contribution in [2.45, 2.75) is 6.42 Å². The topological polar surface area (TPSA) is 114 Å². The van der Waals surface area contributed by atoms with Crippen LogP contribution in [-0.4, -0.2) is 43.3 Å². The molecule has 0 saturated heterocycles. The first-order valence-corrected chi connectivity index (χ1v) is 5.97. The zero-order chi connectivity index (χ0) is 15.1. The molecular weight excluding hydrogens is 264 g/mol. The zero-order valence-corrected chi connectivity index (χ0v) is 11.4. The van der Waals surface area contributed by atoms with Gasteiger partial charge in [0, 0.05) is 38.9 Å². The van der Waals surface area contributed by atoms with Crippen molar-refractivity contribution in [3.05, 3.63) is 33.9 Å². The summed E-state index contributed by atoms with van der Waals surface area (Å²) in [6, 6.07) is 4.44. The van der Waals surface area contributed by atoms with Gasteiger partial charge in [-0.05, 0) is 18.6 Å². The number of ether oxygens (including phenoxy) is 1. The lowest BCUT2D eigenvalue weighted by atomic mass is 10.1. The number of nitro benzene ring substituents is 1. The lowest BCUT2D eigenvalue weighted by molar-refractivity contribution is -0.384. The number of amidine groups is 1. The molecule has 0 unspecified atom stereocenters. The van der Waals surface area contributed by atoms with E-state index < -0.39 is 4.92 Å². The summed E-state index contributed by atoms with van der Waals surface area (Å²) in [5, 5.41) is 22.6. The van der Waals surface area contributed by atoms with E-state index in [4.69, 9.17) is 15.7 Å². The maximum Gasteiger partial charge on any atom is 0.293 e. The number of hydrogen-bond donors (Lipinski definition) is 2. The van der Waals surface area contributed by atoms with Gasteiger partial charge in [-0.25, -0.2) is 0 Å². The first-order valence-electron chi connectivity index (χ1n) is 5.97. The van der Waals surface area contributed by atoms with Crippen LogP contribution in [0.5, 0.6) is 0 Å². The Kier molecular flexibility index (Phi) is 5.73. The van der Waals surface area contributed by atoms with Gasteiger partial charge in [-0.1, -0.05) is 5.16 Å². The van der Waals surface area contributed by atoms with E-state index in [-0.39, 0.29) is 11.5 Å². The van der Waals surface area contributed by atoms with Crippen LogP contribution in [0.25, 0.3) is 0 Å². The summed E-state index contributed by atoms with van der Waals surface area (Å²) in [5.74, 6) is -0.165. The Morgan fingerprint density at radius 2 is 2.30 bits per heavy atom. The van der Waals surface area contributed by atoms with Crippen molar-refractivity contribution in [1.29, 1.82) is 0 Å². The SMILES string of the molecule is COCCCN(C)c1ccc(C(N)=NO)cc1[N+](=O)[O-]. The molecule has 1 rings (SSSR count). The highest BCUT2D eigenvalue weighted by Gasteiger charge is 2.18. The van der Waals surface area contributed by atoms with Gasteiger partial charge in [0.2, 0.25) is 0 Å². The second-order valence-electron chi connectivity index (χ2n) is 4.21. The zero-order valence-electron chi connectivity index (χ0n) is 11.4. The summed E-state index contributed by atoms with van der Waals surface area (Å²) >= 11 is 0. The molecule has 0 radical (unpaired) electrons. The molecule has 0 saturated carbocycles. The first-order chi connectivity index (χ1) is 9.51. The van der Waals surface area contributed by atoms with Crippen LogP contribution in [0.1, 0.15) is 12.0 Å². The van der Waals surface area contributed by atoms with Gasteiger partial charge in [0.15, 0.2) is 5.84 Å². The molecule has 0 aliphatic carbocycles. The molecule has 1 aromatic carbocycles. The van der Waals surface area contributed by atoms with Crippen LogP contribution < -0.4 is 10.6 Å². The highest BCUT2D eigenvalue weighted by atomic mass is 16.6. The van der Waals surface area contributed by atoms with Crippen molar-refractivity contribution >= 4 is 17.2 Å². The van der Waals surface area contributed by atoms with Crippen molar-refractivity contribution in [3.8, 4) is 0 Å². The Balaban J connectivity index is 3.04. The average Bonchev–Trinajstić information content (AvgIpc) is 2.45. The van der Waals surface area contributed by atoms with Crippen LogP contribution >= 0.6 is 0 Å². The number of methoxy groups -OCH3 is 1. The van der Waals surface area contributed by atoms with Crippen LogP contribution in [0, 0.1) is 10.1 Å². The largest absolute Gasteiger partial charge is 0.409 e. The third-order valence-electron chi connectivity index (χ3n) is 2.83. The van der Waals surface area contributed by atoms with Crippen LogP contribution in [0.2, 0.25) is 0 Å². The second kappa shape index (κ2) is 7.29. The monoisotopic (exact) mass is 282 g/mol. The quantitative estimate of drug-likeness (QED) is 0.194. The summed E-state index contributed by atoms with van der Waals surface area (Å²) in [7, 11) is 3.37. The minimum absolute atomic E-state index is 0.0889. The predicted octanol–water partition coefficient (Wildman–Crippen LogP) is 1.16. The Morgan fingerprint density at radius 3 is 2.85 bits per heavy atom. The molecule has 0 fully saturated rings. The van der Waals surface area contributed by atoms with Crippen molar-refractivity contribution in [1.82, 2.24) is 0 Å². The van der Waals surface area contributed by atoms with Crippen molar-refractivity contribution < 1.29 is 14.9 Å². The molecule has 0 aliphatic heterocycles. The second-order valence-corrected chi connectivity index (χ2v) is 4.21. The normalized spacial score (nSPS) is 11.4. The van der Waals surface area contributed by atoms with Gasteiger partial charge >= 0.3 is 0 Å². The van der Waals surface area contributed by atoms with Gasteiger partial charge in [-0.15, -0.1) is 0 Å². The predicted molar refractivity (Wildman–Crippen MR) is 75.4 cm³/mol. The molecule has 0 spiro atoms. The number of benzene rings is 1. The summed E-state index contributed by atoms with van der Waals surface area (Å²) in [5.41, 5.74) is 6.12. The Morgan fingerprint density at radius 1 is 1.60 bits per heavy atom. The minimum atomic E-state index is -0.490. The molecule has 3 N–H and O–H groups in total. The number of nitrogens with zero attached hydrogens (tertiary/aromatic N) is 3. The van der Waals surface area contributed by atoms with Crippen molar-refractivity contribution in [2.75, 3.05) is 32.2 Å². The fourth-order valence-electron chi connectivity index (χ4n) is 1.78. The number of hydrogen-bond acceptors (Lipinski definition) is 6. The number of rotatable bonds is 7. The summed E-state index contributed by atoms with van der Waals surface area (Å²) in [6.07, 6.45) is 0.756.